The molecule has 0 aromatic heterocycles. The molecule has 124 valence electrons. The van der Waals surface area contributed by atoms with Crippen LogP contribution in [0.15, 0.2) is 0 Å². The van der Waals surface area contributed by atoms with E-state index in [1.54, 1.807) is 0 Å². The van der Waals surface area contributed by atoms with Gasteiger partial charge in [0.15, 0.2) is 8.32 Å². The van der Waals surface area contributed by atoms with Crippen LogP contribution in [-0.4, -0.2) is 50.7 Å². The molecule has 1 heterocycles. The highest BCUT2D eigenvalue weighted by Gasteiger charge is 2.39. The first-order chi connectivity index (χ1) is 9.74. The fraction of sp³-hybridized carbons (Fsp3) is 1.00. The van der Waals surface area contributed by atoms with Gasteiger partial charge in [-0.15, -0.1) is 0 Å². The molecule has 0 aromatic carbocycles. The Hall–Kier alpha value is 0.0969. The number of aliphatic hydroxyl groups excluding tert-OH is 1. The van der Waals surface area contributed by atoms with Gasteiger partial charge >= 0.3 is 0 Å². The first kappa shape index (κ1) is 17.5. The number of hydrogen-bond acceptors (Lipinski definition) is 3. The highest BCUT2D eigenvalue weighted by atomic mass is 28.4. The van der Waals surface area contributed by atoms with Crippen molar-refractivity contribution in [3.63, 3.8) is 0 Å². The van der Waals surface area contributed by atoms with Crippen molar-refractivity contribution in [3.05, 3.63) is 0 Å². The number of aliphatic hydroxyl groups is 1. The van der Waals surface area contributed by atoms with Gasteiger partial charge < -0.3 is 14.4 Å². The summed E-state index contributed by atoms with van der Waals surface area (Å²) < 4.78 is 6.35. The minimum atomic E-state index is -1.69. The summed E-state index contributed by atoms with van der Waals surface area (Å²) in [7, 11) is -1.69. The normalized spacial score (nSPS) is 24.3. The Morgan fingerprint density at radius 1 is 1.14 bits per heavy atom. The Morgan fingerprint density at radius 3 is 2.14 bits per heavy atom. The fourth-order valence-electron chi connectivity index (χ4n) is 3.07. The zero-order chi connectivity index (χ0) is 15.7. The molecular formula is C17H35NO2Si. The summed E-state index contributed by atoms with van der Waals surface area (Å²) in [6, 6.07) is 0.891. The lowest BCUT2D eigenvalue weighted by Crippen LogP contribution is -2.44. The second kappa shape index (κ2) is 6.69. The molecule has 0 amide bonds. The predicted molar refractivity (Wildman–Crippen MR) is 91.0 cm³/mol. The van der Waals surface area contributed by atoms with E-state index in [9.17, 15) is 5.11 Å². The molecule has 1 saturated heterocycles. The van der Waals surface area contributed by atoms with Crippen LogP contribution in [0.5, 0.6) is 0 Å². The van der Waals surface area contributed by atoms with Crippen LogP contribution in [0.3, 0.4) is 0 Å². The van der Waals surface area contributed by atoms with Crippen LogP contribution in [-0.2, 0) is 4.43 Å². The molecule has 1 aliphatic carbocycles. The SMILES string of the molecule is CC(C)(C)[Si](C)(C)OCC(CO)C1CCN(C2CC2)CC1. The van der Waals surface area contributed by atoms with E-state index in [-0.39, 0.29) is 11.6 Å². The quantitative estimate of drug-likeness (QED) is 0.762. The molecule has 1 aliphatic heterocycles. The molecule has 1 saturated carbocycles. The molecule has 0 aromatic rings. The monoisotopic (exact) mass is 313 g/mol. The third-order valence-corrected chi connectivity index (χ3v) is 10.5. The Morgan fingerprint density at radius 2 is 1.71 bits per heavy atom. The van der Waals surface area contributed by atoms with Crippen molar-refractivity contribution >= 4 is 8.32 Å². The minimum Gasteiger partial charge on any atom is -0.416 e. The van der Waals surface area contributed by atoms with Crippen LogP contribution < -0.4 is 0 Å². The smallest absolute Gasteiger partial charge is 0.191 e. The van der Waals surface area contributed by atoms with E-state index in [1.165, 1.54) is 38.8 Å². The maximum Gasteiger partial charge on any atom is 0.191 e. The number of piperidine rings is 1. The second-order valence-electron chi connectivity index (χ2n) is 8.62. The van der Waals surface area contributed by atoms with Crippen molar-refractivity contribution in [2.45, 2.75) is 70.6 Å². The van der Waals surface area contributed by atoms with Gasteiger partial charge in [0.25, 0.3) is 0 Å². The van der Waals surface area contributed by atoms with Crippen LogP contribution >= 0.6 is 0 Å². The summed E-state index contributed by atoms with van der Waals surface area (Å²) in [4.78, 5) is 2.65. The Labute approximate surface area is 132 Å². The van der Waals surface area contributed by atoms with E-state index in [1.807, 2.05) is 0 Å². The van der Waals surface area contributed by atoms with Crippen molar-refractivity contribution in [1.82, 2.24) is 4.90 Å². The Balaban J connectivity index is 1.80. The molecule has 2 rings (SSSR count). The summed E-state index contributed by atoms with van der Waals surface area (Å²) >= 11 is 0. The van der Waals surface area contributed by atoms with E-state index in [4.69, 9.17) is 4.43 Å². The van der Waals surface area contributed by atoms with Crippen molar-refractivity contribution < 1.29 is 9.53 Å². The first-order valence-corrected chi connectivity index (χ1v) is 11.6. The van der Waals surface area contributed by atoms with E-state index in [0.29, 0.717) is 11.8 Å². The standard InChI is InChI=1S/C17H35NO2Si/c1-17(2,3)21(4,5)20-13-15(12-19)14-8-10-18(11-9-14)16-6-7-16/h14-16,19H,6-13H2,1-5H3. The second-order valence-corrected chi connectivity index (χ2v) is 13.4. The molecule has 0 spiro atoms. The Kier molecular flexibility index (Phi) is 5.56. The summed E-state index contributed by atoms with van der Waals surface area (Å²) in [5.41, 5.74) is 0. The summed E-state index contributed by atoms with van der Waals surface area (Å²) in [6.45, 7) is 14.9. The van der Waals surface area contributed by atoms with E-state index in [0.717, 1.165) is 12.6 Å². The van der Waals surface area contributed by atoms with Crippen molar-refractivity contribution in [2.75, 3.05) is 26.3 Å². The highest BCUT2D eigenvalue weighted by molar-refractivity contribution is 6.74. The molecule has 1 unspecified atom stereocenters. The molecular weight excluding hydrogens is 278 g/mol. The van der Waals surface area contributed by atoms with Crippen LogP contribution in [0.1, 0.15) is 46.5 Å². The van der Waals surface area contributed by atoms with Crippen molar-refractivity contribution in [1.29, 1.82) is 0 Å². The predicted octanol–water partition coefficient (Wildman–Crippen LogP) is 3.49. The topological polar surface area (TPSA) is 32.7 Å². The minimum absolute atomic E-state index is 0.252. The van der Waals surface area contributed by atoms with E-state index >= 15 is 0 Å². The van der Waals surface area contributed by atoms with Gasteiger partial charge in [0.2, 0.25) is 0 Å². The van der Waals surface area contributed by atoms with Gasteiger partial charge in [0.05, 0.1) is 0 Å². The Bertz CT molecular complexity index is 328. The fourth-order valence-corrected chi connectivity index (χ4v) is 4.13. The number of rotatable bonds is 6. The molecule has 2 fully saturated rings. The van der Waals surface area contributed by atoms with Gasteiger partial charge in [-0.1, -0.05) is 20.8 Å². The van der Waals surface area contributed by atoms with Gasteiger partial charge in [-0.05, 0) is 62.8 Å². The number of likely N-dealkylation sites (tertiary alicyclic amines) is 1. The van der Waals surface area contributed by atoms with Gasteiger partial charge in [-0.3, -0.25) is 0 Å². The molecule has 1 N–H and O–H groups in total. The number of hydrogen-bond donors (Lipinski definition) is 1. The molecule has 21 heavy (non-hydrogen) atoms. The zero-order valence-corrected chi connectivity index (χ0v) is 15.7. The highest BCUT2D eigenvalue weighted by Crippen LogP contribution is 2.38. The average Bonchev–Trinajstić information content (AvgIpc) is 3.23. The van der Waals surface area contributed by atoms with Gasteiger partial charge in [0.1, 0.15) is 0 Å². The molecule has 4 heteroatoms. The van der Waals surface area contributed by atoms with Gasteiger partial charge in [0, 0.05) is 25.2 Å². The lowest BCUT2D eigenvalue weighted by Gasteiger charge is -2.40. The van der Waals surface area contributed by atoms with Crippen molar-refractivity contribution in [2.24, 2.45) is 11.8 Å². The lowest BCUT2D eigenvalue weighted by molar-refractivity contribution is 0.0677. The molecule has 1 atom stereocenters. The maximum atomic E-state index is 9.79. The van der Waals surface area contributed by atoms with Gasteiger partial charge in [-0.2, -0.15) is 0 Å². The van der Waals surface area contributed by atoms with E-state index in [2.05, 4.69) is 38.8 Å². The average molecular weight is 314 g/mol. The molecule has 2 aliphatic rings. The van der Waals surface area contributed by atoms with Crippen LogP contribution in [0.2, 0.25) is 18.1 Å². The molecule has 3 nitrogen and oxygen atoms in total. The lowest BCUT2D eigenvalue weighted by atomic mass is 9.85. The van der Waals surface area contributed by atoms with Gasteiger partial charge in [-0.25, -0.2) is 0 Å². The summed E-state index contributed by atoms with van der Waals surface area (Å²) in [5.74, 6) is 0.982. The summed E-state index contributed by atoms with van der Waals surface area (Å²) in [5, 5.41) is 10.0. The largest absolute Gasteiger partial charge is 0.416 e. The van der Waals surface area contributed by atoms with Crippen LogP contribution in [0.25, 0.3) is 0 Å². The first-order valence-electron chi connectivity index (χ1n) is 8.73. The maximum absolute atomic E-state index is 9.79. The number of nitrogens with zero attached hydrogens (tertiary/aromatic N) is 1. The van der Waals surface area contributed by atoms with Crippen molar-refractivity contribution in [3.8, 4) is 0 Å². The molecule has 0 bridgehead atoms. The molecule has 0 radical (unpaired) electrons. The summed E-state index contributed by atoms with van der Waals surface area (Å²) in [6.07, 6.45) is 5.29. The van der Waals surface area contributed by atoms with Crippen LogP contribution in [0.4, 0.5) is 0 Å². The third-order valence-electron chi connectivity index (χ3n) is 6.00. The van der Waals surface area contributed by atoms with E-state index < -0.39 is 8.32 Å². The van der Waals surface area contributed by atoms with Crippen LogP contribution in [0, 0.1) is 11.8 Å². The third kappa shape index (κ3) is 4.53. The zero-order valence-electron chi connectivity index (χ0n) is 14.7.